The second-order valence-corrected chi connectivity index (χ2v) is 5.27. The van der Waals surface area contributed by atoms with Crippen LogP contribution in [0.15, 0.2) is 6.20 Å². The van der Waals surface area contributed by atoms with Crippen molar-refractivity contribution >= 4 is 5.91 Å². The van der Waals surface area contributed by atoms with Gasteiger partial charge in [-0.2, -0.15) is 5.10 Å². The lowest BCUT2D eigenvalue weighted by Gasteiger charge is -2.27. The molecule has 2 atom stereocenters. The van der Waals surface area contributed by atoms with Crippen molar-refractivity contribution in [2.45, 2.75) is 39.3 Å². The predicted octanol–water partition coefficient (Wildman–Crippen LogP) is 0.733. The third-order valence-electron chi connectivity index (χ3n) is 3.55. The van der Waals surface area contributed by atoms with E-state index >= 15 is 0 Å². The fourth-order valence-corrected chi connectivity index (χ4v) is 2.43. The van der Waals surface area contributed by atoms with E-state index in [1.807, 2.05) is 20.2 Å². The zero-order chi connectivity index (χ0) is 13.1. The summed E-state index contributed by atoms with van der Waals surface area (Å²) in [6.45, 7) is 5.66. The lowest BCUT2D eigenvalue weighted by atomic mass is 9.94. The number of piperidine rings is 1. The Morgan fingerprint density at radius 1 is 1.67 bits per heavy atom. The van der Waals surface area contributed by atoms with Gasteiger partial charge in [0.15, 0.2) is 0 Å². The predicted molar refractivity (Wildman–Crippen MR) is 70.0 cm³/mol. The Kier molecular flexibility index (Phi) is 4.01. The molecule has 100 valence electrons. The van der Waals surface area contributed by atoms with Gasteiger partial charge in [-0.15, -0.1) is 0 Å². The van der Waals surface area contributed by atoms with E-state index < -0.39 is 0 Å². The molecule has 2 unspecified atom stereocenters. The largest absolute Gasteiger partial charge is 0.351 e. The maximum absolute atomic E-state index is 12.0. The van der Waals surface area contributed by atoms with Gasteiger partial charge in [-0.3, -0.25) is 9.48 Å². The second kappa shape index (κ2) is 5.52. The van der Waals surface area contributed by atoms with Crippen LogP contribution < -0.4 is 10.6 Å². The molecule has 2 N–H and O–H groups in total. The molecule has 1 aliphatic rings. The van der Waals surface area contributed by atoms with E-state index in [4.69, 9.17) is 0 Å². The molecule has 5 nitrogen and oxygen atoms in total. The molecule has 2 heterocycles. The van der Waals surface area contributed by atoms with Crippen LogP contribution in [0.5, 0.6) is 0 Å². The number of aromatic nitrogens is 2. The lowest BCUT2D eigenvalue weighted by molar-refractivity contribution is -0.124. The number of amides is 1. The minimum atomic E-state index is -0.0364. The molecule has 1 aromatic rings. The third kappa shape index (κ3) is 3.10. The molecule has 18 heavy (non-hydrogen) atoms. The highest BCUT2D eigenvalue weighted by Gasteiger charge is 2.24. The summed E-state index contributed by atoms with van der Waals surface area (Å²) in [5, 5.41) is 10.5. The second-order valence-electron chi connectivity index (χ2n) is 5.27. The minimum Gasteiger partial charge on any atom is -0.351 e. The van der Waals surface area contributed by atoms with E-state index in [0.717, 1.165) is 30.6 Å². The van der Waals surface area contributed by atoms with Crippen molar-refractivity contribution in [3.05, 3.63) is 17.5 Å². The number of hydrogen-bond acceptors (Lipinski definition) is 3. The van der Waals surface area contributed by atoms with Gasteiger partial charge in [-0.25, -0.2) is 0 Å². The first-order valence-electron chi connectivity index (χ1n) is 6.56. The number of rotatable bonds is 3. The van der Waals surface area contributed by atoms with Crippen LogP contribution in [0, 0.1) is 12.8 Å². The van der Waals surface area contributed by atoms with Crippen molar-refractivity contribution in [2.24, 2.45) is 13.0 Å². The smallest absolute Gasteiger partial charge is 0.237 e. The molecule has 1 amide bonds. The van der Waals surface area contributed by atoms with E-state index in [-0.39, 0.29) is 11.9 Å². The highest BCUT2D eigenvalue weighted by Crippen LogP contribution is 2.15. The molecule has 0 saturated carbocycles. The molecule has 1 fully saturated rings. The molecule has 0 aliphatic carbocycles. The van der Waals surface area contributed by atoms with Gasteiger partial charge in [0.25, 0.3) is 0 Å². The van der Waals surface area contributed by atoms with Gasteiger partial charge in [0.1, 0.15) is 0 Å². The molecule has 1 saturated heterocycles. The van der Waals surface area contributed by atoms with Crippen molar-refractivity contribution in [2.75, 3.05) is 6.54 Å². The van der Waals surface area contributed by atoms with E-state index in [9.17, 15) is 4.79 Å². The first-order chi connectivity index (χ1) is 8.56. The van der Waals surface area contributed by atoms with Crippen LogP contribution in [-0.2, 0) is 18.4 Å². The maximum atomic E-state index is 12.0. The van der Waals surface area contributed by atoms with Gasteiger partial charge in [0.2, 0.25) is 5.91 Å². The molecule has 2 rings (SSSR count). The van der Waals surface area contributed by atoms with E-state index in [2.05, 4.69) is 22.7 Å². The number of aryl methyl sites for hydroxylation is 2. The number of hydrogen-bond donors (Lipinski definition) is 2. The fourth-order valence-electron chi connectivity index (χ4n) is 2.43. The molecular formula is C13H22N4O. The summed E-state index contributed by atoms with van der Waals surface area (Å²) in [6.07, 6.45) is 4.04. The summed E-state index contributed by atoms with van der Waals surface area (Å²) in [4.78, 5) is 12.0. The van der Waals surface area contributed by atoms with Crippen molar-refractivity contribution in [3.63, 3.8) is 0 Å². The summed E-state index contributed by atoms with van der Waals surface area (Å²) in [5.41, 5.74) is 2.05. The van der Waals surface area contributed by atoms with E-state index in [0.29, 0.717) is 12.5 Å². The summed E-state index contributed by atoms with van der Waals surface area (Å²) in [5.74, 6) is 0.729. The van der Waals surface area contributed by atoms with Crippen molar-refractivity contribution in [1.82, 2.24) is 20.4 Å². The Morgan fingerprint density at radius 2 is 2.44 bits per heavy atom. The zero-order valence-electron chi connectivity index (χ0n) is 11.4. The highest BCUT2D eigenvalue weighted by atomic mass is 16.2. The summed E-state index contributed by atoms with van der Waals surface area (Å²) in [6, 6.07) is -0.0364. The Morgan fingerprint density at radius 3 is 3.06 bits per heavy atom. The average molecular weight is 250 g/mol. The molecule has 0 aromatic carbocycles. The molecule has 1 aliphatic heterocycles. The van der Waals surface area contributed by atoms with Gasteiger partial charge in [-0.05, 0) is 32.2 Å². The Hall–Kier alpha value is -1.36. The third-order valence-corrected chi connectivity index (χ3v) is 3.55. The normalized spacial score (nSPS) is 23.9. The Bertz CT molecular complexity index is 427. The zero-order valence-corrected chi connectivity index (χ0v) is 11.4. The Labute approximate surface area is 108 Å². The number of carbonyl (C=O) groups excluding carboxylic acids is 1. The summed E-state index contributed by atoms with van der Waals surface area (Å²) in [7, 11) is 1.89. The van der Waals surface area contributed by atoms with Gasteiger partial charge < -0.3 is 10.6 Å². The first-order valence-corrected chi connectivity index (χ1v) is 6.56. The van der Waals surface area contributed by atoms with Crippen LogP contribution in [-0.4, -0.2) is 28.3 Å². The maximum Gasteiger partial charge on any atom is 0.237 e. The van der Waals surface area contributed by atoms with Crippen molar-refractivity contribution < 1.29 is 4.79 Å². The van der Waals surface area contributed by atoms with Crippen molar-refractivity contribution in [1.29, 1.82) is 0 Å². The van der Waals surface area contributed by atoms with Gasteiger partial charge >= 0.3 is 0 Å². The van der Waals surface area contributed by atoms with Crippen LogP contribution in [0.1, 0.15) is 31.0 Å². The highest BCUT2D eigenvalue weighted by molar-refractivity contribution is 5.81. The van der Waals surface area contributed by atoms with Crippen LogP contribution in [0.25, 0.3) is 0 Å². The van der Waals surface area contributed by atoms with Crippen LogP contribution in [0.4, 0.5) is 0 Å². The van der Waals surface area contributed by atoms with Crippen LogP contribution in [0.3, 0.4) is 0 Å². The van der Waals surface area contributed by atoms with Gasteiger partial charge in [0, 0.05) is 25.4 Å². The Balaban J connectivity index is 1.86. The molecule has 5 heteroatoms. The molecular weight excluding hydrogens is 228 g/mol. The standard InChI is InChI=1S/C13H22N4O/c1-9-4-5-14-12(6-9)13(18)15-7-11-8-17(3)16-10(11)2/h8-9,12,14H,4-7H2,1-3H3,(H,15,18). The number of nitrogens with zero attached hydrogens (tertiary/aromatic N) is 2. The monoisotopic (exact) mass is 250 g/mol. The SMILES string of the molecule is Cc1nn(C)cc1CNC(=O)C1CC(C)CCN1. The van der Waals surface area contributed by atoms with Crippen LogP contribution >= 0.6 is 0 Å². The van der Waals surface area contributed by atoms with Crippen molar-refractivity contribution in [3.8, 4) is 0 Å². The number of nitrogens with one attached hydrogen (secondary N) is 2. The molecule has 0 radical (unpaired) electrons. The molecule has 1 aromatic heterocycles. The van der Waals surface area contributed by atoms with E-state index in [1.165, 1.54) is 0 Å². The minimum absolute atomic E-state index is 0.0364. The topological polar surface area (TPSA) is 59.0 Å². The molecule has 0 bridgehead atoms. The van der Waals surface area contributed by atoms with Gasteiger partial charge in [-0.1, -0.05) is 6.92 Å². The van der Waals surface area contributed by atoms with E-state index in [1.54, 1.807) is 4.68 Å². The summed E-state index contributed by atoms with van der Waals surface area (Å²) < 4.78 is 1.78. The summed E-state index contributed by atoms with van der Waals surface area (Å²) >= 11 is 0. The quantitative estimate of drug-likeness (QED) is 0.831. The number of carbonyl (C=O) groups is 1. The average Bonchev–Trinajstić information content (AvgIpc) is 2.65. The fraction of sp³-hybridized carbons (Fsp3) is 0.692. The van der Waals surface area contributed by atoms with Crippen LogP contribution in [0.2, 0.25) is 0 Å². The first kappa shape index (κ1) is 13.1. The lowest BCUT2D eigenvalue weighted by Crippen LogP contribution is -2.48. The molecule has 0 spiro atoms. The van der Waals surface area contributed by atoms with Gasteiger partial charge in [0.05, 0.1) is 11.7 Å².